The van der Waals surface area contributed by atoms with Crippen molar-refractivity contribution in [2.24, 2.45) is 0 Å². The van der Waals surface area contributed by atoms with Crippen LogP contribution < -0.4 is 5.84 Å². The van der Waals surface area contributed by atoms with Gasteiger partial charge in [0.15, 0.2) is 11.6 Å². The number of hydrogen-bond donors (Lipinski definition) is 1. The van der Waals surface area contributed by atoms with E-state index in [4.69, 9.17) is 10.9 Å². The number of aromatic nitrogens is 2. The quantitative estimate of drug-likeness (QED) is 0.346. The van der Waals surface area contributed by atoms with E-state index in [1.54, 1.807) is 42.5 Å². The van der Waals surface area contributed by atoms with E-state index in [-0.39, 0.29) is 11.6 Å². The van der Waals surface area contributed by atoms with Crippen molar-refractivity contribution < 1.29 is 9.59 Å². The summed E-state index contributed by atoms with van der Waals surface area (Å²) in [6.07, 6.45) is 4.64. The number of nitrogens with two attached hydrogens (primary N) is 1. The zero-order chi connectivity index (χ0) is 23.9. The van der Waals surface area contributed by atoms with Gasteiger partial charge in [-0.05, 0) is 57.0 Å². The van der Waals surface area contributed by atoms with Crippen molar-refractivity contribution in [3.63, 3.8) is 0 Å². The molecule has 0 spiro atoms. The predicted octanol–water partition coefficient (Wildman–Crippen LogP) is 4.55. The van der Waals surface area contributed by atoms with Crippen molar-refractivity contribution in [1.29, 1.82) is 0 Å². The number of nitrogens with zero attached hydrogens (tertiary/aromatic N) is 3. The summed E-state index contributed by atoms with van der Waals surface area (Å²) >= 11 is 0. The monoisotopic (exact) mass is 464 g/mol. The van der Waals surface area contributed by atoms with Crippen LogP contribution in [0.4, 0.5) is 0 Å². The third-order valence-electron chi connectivity index (χ3n) is 7.66. The zero-order valence-electron chi connectivity index (χ0n) is 19.6. The van der Waals surface area contributed by atoms with E-state index < -0.39 is 0 Å². The van der Waals surface area contributed by atoms with Gasteiger partial charge in [-0.15, -0.1) is 0 Å². The standard InChI is InChI=1S/C29H28N4O2/c30-33-26-13-12-21(18-25(26)27(31-33)20-14-16-32-15-6-9-22(32)17-20)29(35)24-11-5-4-10-23(24)28(34)19-7-2-1-3-8-19/h1-5,7-8,10-13,18,20,22H,6,9,14-17,30H2. The van der Waals surface area contributed by atoms with Crippen molar-refractivity contribution in [2.75, 3.05) is 18.9 Å². The van der Waals surface area contributed by atoms with E-state index in [1.807, 2.05) is 30.3 Å². The summed E-state index contributed by atoms with van der Waals surface area (Å²) in [6, 6.07) is 22.3. The molecule has 0 amide bonds. The van der Waals surface area contributed by atoms with Crippen LogP contribution in [0.5, 0.6) is 0 Å². The summed E-state index contributed by atoms with van der Waals surface area (Å²) < 4.78 is 0. The molecule has 176 valence electrons. The fourth-order valence-electron chi connectivity index (χ4n) is 5.86. The number of nitrogen functional groups attached to an aromatic ring is 1. The number of carbonyl (C=O) groups is 2. The molecular formula is C29H28N4O2. The highest BCUT2D eigenvalue weighted by Gasteiger charge is 2.34. The van der Waals surface area contributed by atoms with Gasteiger partial charge in [-0.1, -0.05) is 54.6 Å². The van der Waals surface area contributed by atoms with E-state index in [2.05, 4.69) is 4.90 Å². The molecule has 1 aromatic heterocycles. The van der Waals surface area contributed by atoms with Gasteiger partial charge in [-0.2, -0.15) is 9.89 Å². The highest BCUT2D eigenvalue weighted by Crippen LogP contribution is 2.38. The Morgan fingerprint density at radius 2 is 1.54 bits per heavy atom. The molecule has 0 radical (unpaired) electrons. The Hall–Kier alpha value is -3.77. The fourth-order valence-corrected chi connectivity index (χ4v) is 5.86. The van der Waals surface area contributed by atoms with E-state index in [9.17, 15) is 9.59 Å². The third kappa shape index (κ3) is 3.84. The lowest BCUT2D eigenvalue weighted by molar-refractivity contribution is 0.100. The van der Waals surface area contributed by atoms with Gasteiger partial charge in [0.25, 0.3) is 0 Å². The van der Waals surface area contributed by atoms with E-state index in [0.29, 0.717) is 34.2 Å². The van der Waals surface area contributed by atoms with Crippen LogP contribution in [0.1, 0.15) is 69.1 Å². The van der Waals surface area contributed by atoms with Gasteiger partial charge in [-0.3, -0.25) is 9.59 Å². The minimum atomic E-state index is -0.173. The topological polar surface area (TPSA) is 81.2 Å². The first-order valence-electron chi connectivity index (χ1n) is 12.4. The summed E-state index contributed by atoms with van der Waals surface area (Å²) in [4.78, 5) is 30.9. The third-order valence-corrected chi connectivity index (χ3v) is 7.66. The molecule has 2 aliphatic heterocycles. The van der Waals surface area contributed by atoms with E-state index in [0.717, 1.165) is 36.0 Å². The van der Waals surface area contributed by atoms with Gasteiger partial charge in [0.05, 0.1) is 11.2 Å². The Balaban J connectivity index is 1.37. The van der Waals surface area contributed by atoms with Crippen LogP contribution in [0.3, 0.4) is 0 Å². The maximum absolute atomic E-state index is 13.7. The van der Waals surface area contributed by atoms with Crippen molar-refractivity contribution in [2.45, 2.75) is 37.6 Å². The molecule has 2 saturated heterocycles. The Bertz CT molecular complexity index is 1430. The highest BCUT2D eigenvalue weighted by atomic mass is 16.1. The summed E-state index contributed by atoms with van der Waals surface area (Å²) in [7, 11) is 0. The maximum atomic E-state index is 13.7. The Labute approximate surface area is 204 Å². The van der Waals surface area contributed by atoms with Gasteiger partial charge in [-0.25, -0.2) is 0 Å². The first-order valence-corrected chi connectivity index (χ1v) is 12.4. The second-order valence-corrected chi connectivity index (χ2v) is 9.68. The van der Waals surface area contributed by atoms with Crippen molar-refractivity contribution in [3.8, 4) is 0 Å². The molecule has 2 unspecified atom stereocenters. The number of rotatable bonds is 5. The number of hydrogen-bond acceptors (Lipinski definition) is 5. The van der Waals surface area contributed by atoms with Gasteiger partial charge in [0, 0.05) is 39.6 Å². The number of fused-ring (bicyclic) bond motifs is 2. The van der Waals surface area contributed by atoms with Crippen molar-refractivity contribution in [3.05, 3.63) is 101 Å². The molecular weight excluding hydrogens is 436 g/mol. The Morgan fingerprint density at radius 1 is 0.829 bits per heavy atom. The van der Waals surface area contributed by atoms with Crippen LogP contribution in [0, 0.1) is 0 Å². The molecule has 2 fully saturated rings. The van der Waals surface area contributed by atoms with Crippen LogP contribution >= 0.6 is 0 Å². The number of carbonyl (C=O) groups excluding carboxylic acids is 2. The van der Waals surface area contributed by atoms with Gasteiger partial charge >= 0.3 is 0 Å². The first kappa shape index (κ1) is 21.7. The van der Waals surface area contributed by atoms with Gasteiger partial charge < -0.3 is 10.7 Å². The minimum absolute atomic E-state index is 0.158. The summed E-state index contributed by atoms with van der Waals surface area (Å²) in [5.41, 5.74) is 3.72. The second-order valence-electron chi connectivity index (χ2n) is 9.68. The lowest BCUT2D eigenvalue weighted by Gasteiger charge is -2.34. The van der Waals surface area contributed by atoms with Crippen LogP contribution in [0.2, 0.25) is 0 Å². The molecule has 2 atom stereocenters. The molecule has 3 heterocycles. The maximum Gasteiger partial charge on any atom is 0.193 e. The van der Waals surface area contributed by atoms with E-state index in [1.165, 1.54) is 24.2 Å². The lowest BCUT2D eigenvalue weighted by atomic mass is 9.86. The smallest absolute Gasteiger partial charge is 0.193 e. The van der Waals surface area contributed by atoms with Crippen molar-refractivity contribution >= 4 is 22.5 Å². The summed E-state index contributed by atoms with van der Waals surface area (Å²) in [5.74, 6) is 6.22. The van der Waals surface area contributed by atoms with Crippen LogP contribution in [-0.2, 0) is 0 Å². The molecule has 6 heteroatoms. The Morgan fingerprint density at radius 3 is 2.31 bits per heavy atom. The van der Waals surface area contributed by atoms with Gasteiger partial charge in [0.1, 0.15) is 0 Å². The molecule has 6 nitrogen and oxygen atoms in total. The van der Waals surface area contributed by atoms with Crippen LogP contribution in [0.25, 0.3) is 10.9 Å². The van der Waals surface area contributed by atoms with Gasteiger partial charge in [0.2, 0.25) is 0 Å². The lowest BCUT2D eigenvalue weighted by Crippen LogP contribution is -2.37. The SMILES string of the molecule is Nn1nc(C2CCN3CCCC3C2)c2cc(C(=O)c3ccccc3C(=O)c3ccccc3)ccc21. The largest absolute Gasteiger partial charge is 0.323 e. The molecule has 0 bridgehead atoms. The molecule has 2 N–H and O–H groups in total. The number of ketones is 2. The molecule has 2 aliphatic rings. The average Bonchev–Trinajstić information content (AvgIpc) is 3.52. The van der Waals surface area contributed by atoms with Crippen molar-refractivity contribution in [1.82, 2.24) is 14.8 Å². The predicted molar refractivity (Wildman–Crippen MR) is 136 cm³/mol. The number of piperidine rings is 1. The van der Waals surface area contributed by atoms with Crippen LogP contribution in [-0.4, -0.2) is 45.5 Å². The molecule has 4 aromatic rings. The zero-order valence-corrected chi connectivity index (χ0v) is 19.6. The first-order chi connectivity index (χ1) is 17.1. The molecule has 3 aromatic carbocycles. The number of benzene rings is 3. The average molecular weight is 465 g/mol. The molecule has 35 heavy (non-hydrogen) atoms. The molecule has 6 rings (SSSR count). The fraction of sp³-hybridized carbons (Fsp3) is 0.276. The second kappa shape index (κ2) is 8.78. The highest BCUT2D eigenvalue weighted by molar-refractivity contribution is 6.20. The minimum Gasteiger partial charge on any atom is -0.323 e. The summed E-state index contributed by atoms with van der Waals surface area (Å²) in [5, 5.41) is 5.63. The van der Waals surface area contributed by atoms with E-state index >= 15 is 0 Å². The molecule has 0 saturated carbocycles. The Kier molecular flexibility index (Phi) is 5.46. The normalized spacial score (nSPS) is 20.1. The molecule has 0 aliphatic carbocycles. The van der Waals surface area contributed by atoms with Crippen LogP contribution in [0.15, 0.2) is 72.8 Å². The summed E-state index contributed by atoms with van der Waals surface area (Å²) in [6.45, 7) is 2.28.